The average Bonchev–Trinajstić information content (AvgIpc) is 3.45. The predicted octanol–water partition coefficient (Wildman–Crippen LogP) is 6.28. The van der Waals surface area contributed by atoms with Crippen LogP contribution in [0.5, 0.6) is 11.5 Å². The van der Waals surface area contributed by atoms with Crippen molar-refractivity contribution in [3.8, 4) is 22.6 Å². The third-order valence-electron chi connectivity index (χ3n) is 6.20. The molecule has 1 heterocycles. The molecule has 1 aliphatic rings. The van der Waals surface area contributed by atoms with Gasteiger partial charge in [0.25, 0.3) is 0 Å². The molecule has 1 amide bonds. The minimum Gasteiger partial charge on any atom is -0.496 e. The molecule has 0 atom stereocenters. The topological polar surface area (TPSA) is 60.7 Å². The molecular weight excluding hydrogens is 402 g/mol. The Morgan fingerprint density at radius 2 is 1.97 bits per heavy atom. The summed E-state index contributed by atoms with van der Waals surface area (Å²) in [7, 11) is 1.67. The molecule has 3 aromatic rings. The lowest BCUT2D eigenvalue weighted by atomic mass is 9.96. The second-order valence-electron chi connectivity index (χ2n) is 8.35. The first kappa shape index (κ1) is 22.0. The largest absolute Gasteiger partial charge is 0.496 e. The number of aryl methyl sites for hydroxylation is 1. The first-order chi connectivity index (χ1) is 15.5. The van der Waals surface area contributed by atoms with Crippen LogP contribution in [0.15, 0.2) is 47.1 Å². The lowest BCUT2D eigenvalue weighted by Crippen LogP contribution is -2.31. The van der Waals surface area contributed by atoms with Crippen LogP contribution in [0, 0.1) is 6.92 Å². The molecule has 2 aromatic carbocycles. The summed E-state index contributed by atoms with van der Waals surface area (Å²) in [6.07, 6.45) is 7.94. The van der Waals surface area contributed by atoms with Crippen LogP contribution in [0.1, 0.15) is 50.7 Å². The molecule has 4 rings (SSSR count). The van der Waals surface area contributed by atoms with E-state index in [1.807, 2.05) is 45.0 Å². The van der Waals surface area contributed by atoms with E-state index in [-0.39, 0.29) is 11.9 Å². The molecule has 0 saturated heterocycles. The van der Waals surface area contributed by atoms with E-state index in [2.05, 4.69) is 11.4 Å². The summed E-state index contributed by atoms with van der Waals surface area (Å²) < 4.78 is 17.6. The highest BCUT2D eigenvalue weighted by Gasteiger charge is 2.21. The first-order valence-corrected chi connectivity index (χ1v) is 11.3. The number of ether oxygens (including phenoxy) is 2. The molecule has 1 saturated carbocycles. The maximum absolute atomic E-state index is 12.7. The Kier molecular flexibility index (Phi) is 6.54. The Hall–Kier alpha value is -3.21. The number of carbonyl (C=O) groups excluding carboxylic acids is 1. The van der Waals surface area contributed by atoms with E-state index in [4.69, 9.17) is 13.9 Å². The second kappa shape index (κ2) is 9.51. The molecular formula is C27H31NO4. The standard InChI is InChI=1S/C27H31NO4/c1-5-31-26-18(3)27-22(23(16-32-27)20-12-8-9-13-24(20)30-4)15-21(26)17(2)14-25(29)28-19-10-6-7-11-19/h8-9,12-16,19H,5-7,10-11H2,1-4H3,(H,28,29)/b17-14+. The molecule has 0 radical (unpaired) electrons. The number of amides is 1. The number of furan rings is 1. The van der Waals surface area contributed by atoms with Gasteiger partial charge >= 0.3 is 0 Å². The van der Waals surface area contributed by atoms with Crippen LogP contribution in [-0.4, -0.2) is 25.7 Å². The van der Waals surface area contributed by atoms with E-state index in [9.17, 15) is 4.79 Å². The molecule has 0 unspecified atom stereocenters. The third-order valence-corrected chi connectivity index (χ3v) is 6.20. The number of hydrogen-bond acceptors (Lipinski definition) is 4. The van der Waals surface area contributed by atoms with Gasteiger partial charge in [-0.1, -0.05) is 31.0 Å². The number of fused-ring (bicyclic) bond motifs is 1. The number of rotatable bonds is 7. The molecule has 168 valence electrons. The lowest BCUT2D eigenvalue weighted by molar-refractivity contribution is -0.117. The fourth-order valence-electron chi connectivity index (χ4n) is 4.60. The lowest BCUT2D eigenvalue weighted by Gasteiger charge is -2.16. The molecule has 1 aromatic heterocycles. The van der Waals surface area contributed by atoms with Gasteiger partial charge in [0.05, 0.1) is 20.0 Å². The first-order valence-electron chi connectivity index (χ1n) is 11.3. The Labute approximate surface area is 189 Å². The quantitative estimate of drug-likeness (QED) is 0.446. The molecule has 5 nitrogen and oxygen atoms in total. The van der Waals surface area contributed by atoms with Crippen molar-refractivity contribution in [3.05, 3.63) is 53.8 Å². The predicted molar refractivity (Wildman–Crippen MR) is 128 cm³/mol. The molecule has 0 spiro atoms. The average molecular weight is 434 g/mol. The normalized spacial score (nSPS) is 14.7. The van der Waals surface area contributed by atoms with Crippen LogP contribution in [0.4, 0.5) is 0 Å². The maximum Gasteiger partial charge on any atom is 0.244 e. The van der Waals surface area contributed by atoms with Crippen LogP contribution in [0.25, 0.3) is 27.7 Å². The number of nitrogens with one attached hydrogen (secondary N) is 1. The van der Waals surface area contributed by atoms with Crippen LogP contribution < -0.4 is 14.8 Å². The smallest absolute Gasteiger partial charge is 0.244 e. The minimum atomic E-state index is -0.0493. The van der Waals surface area contributed by atoms with E-state index in [0.29, 0.717) is 6.61 Å². The summed E-state index contributed by atoms with van der Waals surface area (Å²) in [6.45, 7) is 6.45. The zero-order valence-corrected chi connectivity index (χ0v) is 19.3. The number of benzene rings is 2. The molecule has 1 N–H and O–H groups in total. The van der Waals surface area contributed by atoms with Gasteiger partial charge in [-0.25, -0.2) is 0 Å². The van der Waals surface area contributed by atoms with Gasteiger partial charge in [-0.3, -0.25) is 4.79 Å². The fourth-order valence-corrected chi connectivity index (χ4v) is 4.60. The zero-order valence-electron chi connectivity index (χ0n) is 19.3. The van der Waals surface area contributed by atoms with E-state index >= 15 is 0 Å². The number of allylic oxidation sites excluding steroid dienone is 1. The highest BCUT2D eigenvalue weighted by atomic mass is 16.5. The minimum absolute atomic E-state index is 0.0493. The van der Waals surface area contributed by atoms with Crippen molar-refractivity contribution in [2.75, 3.05) is 13.7 Å². The van der Waals surface area contributed by atoms with Crippen molar-refractivity contribution >= 4 is 22.4 Å². The van der Waals surface area contributed by atoms with Crippen LogP contribution in [0.3, 0.4) is 0 Å². The van der Waals surface area contributed by atoms with Crippen LogP contribution >= 0.6 is 0 Å². The van der Waals surface area contributed by atoms with Gasteiger partial charge in [0.2, 0.25) is 5.91 Å². The Morgan fingerprint density at radius 3 is 2.69 bits per heavy atom. The van der Waals surface area contributed by atoms with Crippen molar-refractivity contribution in [3.63, 3.8) is 0 Å². The fraction of sp³-hybridized carbons (Fsp3) is 0.370. The summed E-state index contributed by atoms with van der Waals surface area (Å²) in [5, 5.41) is 4.11. The van der Waals surface area contributed by atoms with Gasteiger partial charge in [-0.2, -0.15) is 0 Å². The highest BCUT2D eigenvalue weighted by molar-refractivity contribution is 6.02. The third kappa shape index (κ3) is 4.24. The summed E-state index contributed by atoms with van der Waals surface area (Å²) in [5.41, 5.74) is 5.37. The molecule has 1 aliphatic carbocycles. The molecule has 32 heavy (non-hydrogen) atoms. The number of hydrogen-bond donors (Lipinski definition) is 1. The van der Waals surface area contributed by atoms with Gasteiger partial charge in [0.15, 0.2) is 0 Å². The Morgan fingerprint density at radius 1 is 1.22 bits per heavy atom. The molecule has 5 heteroatoms. The monoisotopic (exact) mass is 433 g/mol. The number of carbonyl (C=O) groups is 1. The number of methoxy groups -OCH3 is 1. The van der Waals surface area contributed by atoms with E-state index in [0.717, 1.165) is 63.1 Å². The number of para-hydroxylation sites is 1. The van der Waals surface area contributed by atoms with Gasteiger partial charge in [-0.15, -0.1) is 0 Å². The Balaban J connectivity index is 1.80. The summed E-state index contributed by atoms with van der Waals surface area (Å²) in [6, 6.07) is 10.2. The van der Waals surface area contributed by atoms with Gasteiger partial charge in [-0.05, 0) is 51.3 Å². The van der Waals surface area contributed by atoms with Crippen molar-refractivity contribution in [1.82, 2.24) is 5.32 Å². The zero-order chi connectivity index (χ0) is 22.7. The van der Waals surface area contributed by atoms with E-state index in [1.165, 1.54) is 12.8 Å². The van der Waals surface area contributed by atoms with Crippen molar-refractivity contribution in [2.24, 2.45) is 0 Å². The summed E-state index contributed by atoms with van der Waals surface area (Å²) in [4.78, 5) is 12.7. The maximum atomic E-state index is 12.7. The van der Waals surface area contributed by atoms with Gasteiger partial charge < -0.3 is 19.2 Å². The SMILES string of the molecule is CCOc1c(/C(C)=C/C(=O)NC2CCCC2)cc2c(-c3ccccc3OC)coc2c1C. The highest BCUT2D eigenvalue weighted by Crippen LogP contribution is 2.42. The van der Waals surface area contributed by atoms with Crippen LogP contribution in [0.2, 0.25) is 0 Å². The second-order valence-corrected chi connectivity index (χ2v) is 8.35. The molecule has 1 fully saturated rings. The van der Waals surface area contributed by atoms with Crippen molar-refractivity contribution in [2.45, 2.75) is 52.5 Å². The van der Waals surface area contributed by atoms with Crippen molar-refractivity contribution < 1.29 is 18.7 Å². The molecule has 0 aliphatic heterocycles. The van der Waals surface area contributed by atoms with E-state index < -0.39 is 0 Å². The van der Waals surface area contributed by atoms with Crippen LogP contribution in [-0.2, 0) is 4.79 Å². The summed E-state index contributed by atoms with van der Waals surface area (Å²) >= 11 is 0. The van der Waals surface area contributed by atoms with Gasteiger partial charge in [0.1, 0.15) is 17.1 Å². The van der Waals surface area contributed by atoms with Gasteiger partial charge in [0, 0.05) is 39.8 Å². The van der Waals surface area contributed by atoms with E-state index in [1.54, 1.807) is 19.4 Å². The Bertz CT molecular complexity index is 1150. The summed E-state index contributed by atoms with van der Waals surface area (Å²) in [5.74, 6) is 1.49. The van der Waals surface area contributed by atoms with Crippen molar-refractivity contribution in [1.29, 1.82) is 0 Å². The molecule has 0 bridgehead atoms.